The zero-order chi connectivity index (χ0) is 19.8. The van der Waals surface area contributed by atoms with Gasteiger partial charge < -0.3 is 4.74 Å². The molecule has 142 valence electrons. The van der Waals surface area contributed by atoms with Gasteiger partial charge in [0.05, 0.1) is 23.0 Å². The number of fused-ring (bicyclic) bond motifs is 1. The number of carbonyl (C=O) groups is 1. The van der Waals surface area contributed by atoms with E-state index in [1.165, 1.54) is 29.6 Å². The van der Waals surface area contributed by atoms with Crippen molar-refractivity contribution in [2.24, 2.45) is 0 Å². The molecular formula is C18H20N4O4S. The minimum Gasteiger partial charge on any atom is -0.364 e. The average Bonchev–Trinajstić information content (AvgIpc) is 2.65. The van der Waals surface area contributed by atoms with Crippen LogP contribution in [0.2, 0.25) is 0 Å². The van der Waals surface area contributed by atoms with Gasteiger partial charge in [0, 0.05) is 18.9 Å². The number of ketones is 1. The van der Waals surface area contributed by atoms with Crippen molar-refractivity contribution in [3.8, 4) is 0 Å². The summed E-state index contributed by atoms with van der Waals surface area (Å²) in [5, 5.41) is 0.795. The molecule has 9 heteroatoms. The third-order valence-corrected chi connectivity index (χ3v) is 4.35. The summed E-state index contributed by atoms with van der Waals surface area (Å²) in [5.74, 6) is 0.600. The van der Waals surface area contributed by atoms with E-state index in [-0.39, 0.29) is 18.1 Å². The Hall–Kier alpha value is -2.78. The lowest BCUT2D eigenvalue weighted by molar-refractivity contribution is -0.114. The van der Waals surface area contributed by atoms with Crippen molar-refractivity contribution in [2.75, 3.05) is 12.9 Å². The predicted octanol–water partition coefficient (Wildman–Crippen LogP) is 1.76. The Bertz CT molecular complexity index is 1050. The summed E-state index contributed by atoms with van der Waals surface area (Å²) < 4.78 is 6.03. The highest BCUT2D eigenvalue weighted by molar-refractivity contribution is 7.99. The lowest BCUT2D eigenvalue weighted by Gasteiger charge is -2.02. The van der Waals surface area contributed by atoms with Crippen molar-refractivity contribution >= 4 is 28.6 Å². The van der Waals surface area contributed by atoms with Crippen LogP contribution < -0.4 is 11.2 Å². The molecule has 0 radical (unpaired) electrons. The number of aromatic nitrogens is 4. The van der Waals surface area contributed by atoms with Gasteiger partial charge in [0.15, 0.2) is 0 Å². The lowest BCUT2D eigenvalue weighted by Crippen LogP contribution is -2.31. The largest absolute Gasteiger partial charge is 0.364 e. The highest BCUT2D eigenvalue weighted by Crippen LogP contribution is 2.17. The molecule has 0 saturated heterocycles. The summed E-state index contributed by atoms with van der Waals surface area (Å²) in [6.07, 6.45) is 3.17. The van der Waals surface area contributed by atoms with Crippen LogP contribution in [0.5, 0.6) is 0 Å². The molecule has 27 heavy (non-hydrogen) atoms. The number of hydrogen-bond acceptors (Lipinski definition) is 7. The standard InChI is InChI=1S/C11H10N2OS.C7H10N2O3/c1-8(14)7-15-11-6-12-9-4-2-3-5-10(9)13-11;1-5-3-9(4-12-2)7(11)8-6(5)10/h2-6H,7H2,1H3;3H,4H2,1-2H3,(H,8,10,11). The second kappa shape index (κ2) is 9.79. The third-order valence-electron chi connectivity index (χ3n) is 3.31. The maximum Gasteiger partial charge on any atom is 0.330 e. The molecule has 0 unspecified atom stereocenters. The fourth-order valence-electron chi connectivity index (χ4n) is 2.04. The highest BCUT2D eigenvalue weighted by atomic mass is 32.2. The van der Waals surface area contributed by atoms with Gasteiger partial charge in [-0.3, -0.25) is 24.1 Å². The van der Waals surface area contributed by atoms with Crippen molar-refractivity contribution in [1.82, 2.24) is 19.5 Å². The summed E-state index contributed by atoms with van der Waals surface area (Å²) in [4.78, 5) is 43.5. The van der Waals surface area contributed by atoms with Gasteiger partial charge in [-0.2, -0.15) is 0 Å². The number of benzene rings is 1. The Kier molecular flexibility index (Phi) is 7.44. The molecule has 0 aliphatic heterocycles. The number of aromatic amines is 1. The Morgan fingerprint density at radius 3 is 2.63 bits per heavy atom. The lowest BCUT2D eigenvalue weighted by atomic mass is 10.3. The Labute approximate surface area is 159 Å². The molecular weight excluding hydrogens is 368 g/mol. The van der Waals surface area contributed by atoms with Crippen LogP contribution in [0, 0.1) is 6.92 Å². The minimum atomic E-state index is -0.451. The fourth-order valence-corrected chi connectivity index (χ4v) is 2.68. The van der Waals surface area contributed by atoms with Crippen molar-refractivity contribution in [2.45, 2.75) is 25.6 Å². The van der Waals surface area contributed by atoms with Crippen LogP contribution in [-0.2, 0) is 16.3 Å². The number of nitrogens with zero attached hydrogens (tertiary/aromatic N) is 3. The first kappa shape index (κ1) is 20.5. The Morgan fingerprint density at radius 1 is 1.26 bits per heavy atom. The van der Waals surface area contributed by atoms with E-state index in [0.29, 0.717) is 11.3 Å². The van der Waals surface area contributed by atoms with Crippen LogP contribution in [0.15, 0.2) is 51.3 Å². The van der Waals surface area contributed by atoms with Gasteiger partial charge in [-0.05, 0) is 26.0 Å². The van der Waals surface area contributed by atoms with E-state index in [1.807, 2.05) is 24.3 Å². The molecule has 0 fully saturated rings. The van der Waals surface area contributed by atoms with E-state index in [2.05, 4.69) is 15.0 Å². The summed E-state index contributed by atoms with van der Waals surface area (Å²) >= 11 is 1.42. The van der Waals surface area contributed by atoms with Gasteiger partial charge in [0.2, 0.25) is 0 Å². The summed E-state index contributed by atoms with van der Waals surface area (Å²) in [7, 11) is 1.48. The van der Waals surface area contributed by atoms with E-state index in [1.54, 1.807) is 20.0 Å². The third kappa shape index (κ3) is 6.15. The second-order valence-corrected chi connectivity index (χ2v) is 6.64. The van der Waals surface area contributed by atoms with E-state index < -0.39 is 5.69 Å². The van der Waals surface area contributed by atoms with Crippen molar-refractivity contribution in [3.63, 3.8) is 0 Å². The number of rotatable bonds is 5. The Morgan fingerprint density at radius 2 is 1.96 bits per heavy atom. The Balaban J connectivity index is 0.000000199. The maximum atomic E-state index is 11.0. The van der Waals surface area contributed by atoms with Crippen molar-refractivity contribution < 1.29 is 9.53 Å². The topological polar surface area (TPSA) is 107 Å². The number of para-hydroxylation sites is 2. The van der Waals surface area contributed by atoms with Crippen LogP contribution in [0.1, 0.15) is 12.5 Å². The monoisotopic (exact) mass is 388 g/mol. The molecule has 0 bridgehead atoms. The molecule has 3 aromatic rings. The number of aryl methyl sites for hydroxylation is 1. The molecule has 0 aliphatic rings. The highest BCUT2D eigenvalue weighted by Gasteiger charge is 2.01. The van der Waals surface area contributed by atoms with Gasteiger partial charge in [-0.25, -0.2) is 9.78 Å². The number of H-pyrrole nitrogens is 1. The van der Waals surface area contributed by atoms with E-state index >= 15 is 0 Å². The van der Waals surface area contributed by atoms with Crippen molar-refractivity contribution in [1.29, 1.82) is 0 Å². The maximum absolute atomic E-state index is 11.0. The van der Waals surface area contributed by atoms with Gasteiger partial charge in [0.1, 0.15) is 17.5 Å². The molecule has 1 N–H and O–H groups in total. The smallest absolute Gasteiger partial charge is 0.330 e. The fraction of sp³-hybridized carbons (Fsp3) is 0.278. The molecule has 0 saturated carbocycles. The van der Waals surface area contributed by atoms with Crippen LogP contribution in [0.4, 0.5) is 0 Å². The van der Waals surface area contributed by atoms with E-state index in [4.69, 9.17) is 4.74 Å². The van der Waals surface area contributed by atoms with Crippen LogP contribution >= 0.6 is 11.8 Å². The van der Waals surface area contributed by atoms with Gasteiger partial charge in [-0.1, -0.05) is 23.9 Å². The molecule has 8 nitrogen and oxygen atoms in total. The zero-order valence-electron chi connectivity index (χ0n) is 15.3. The van der Waals surface area contributed by atoms with Gasteiger partial charge >= 0.3 is 5.69 Å². The predicted molar refractivity (Wildman–Crippen MR) is 104 cm³/mol. The van der Waals surface area contributed by atoms with Crippen LogP contribution in [0.3, 0.4) is 0 Å². The molecule has 0 atom stereocenters. The first-order valence-corrected chi connectivity index (χ1v) is 9.02. The van der Waals surface area contributed by atoms with Crippen molar-refractivity contribution in [3.05, 3.63) is 63.1 Å². The molecule has 0 amide bonds. The number of nitrogens with one attached hydrogen (secondary N) is 1. The first-order valence-electron chi connectivity index (χ1n) is 8.04. The first-order chi connectivity index (χ1) is 12.9. The normalized spacial score (nSPS) is 10.3. The second-order valence-electron chi connectivity index (χ2n) is 5.65. The average molecular weight is 388 g/mol. The summed E-state index contributed by atoms with van der Waals surface area (Å²) in [5.41, 5.74) is 1.43. The van der Waals surface area contributed by atoms with E-state index in [0.717, 1.165) is 16.1 Å². The number of hydrogen-bond donors (Lipinski definition) is 1. The SMILES string of the molecule is CC(=O)CSc1cnc2ccccc2n1.COCn1cc(C)c(=O)[nH]c1=O. The van der Waals surface area contributed by atoms with Crippen LogP contribution in [0.25, 0.3) is 11.0 Å². The molecule has 2 aromatic heterocycles. The summed E-state index contributed by atoms with van der Waals surface area (Å²) in [6, 6.07) is 7.69. The number of ether oxygens (including phenoxy) is 1. The molecule has 0 spiro atoms. The minimum absolute atomic E-state index is 0.148. The molecule has 2 heterocycles. The zero-order valence-corrected chi connectivity index (χ0v) is 16.1. The summed E-state index contributed by atoms with van der Waals surface area (Å²) in [6.45, 7) is 3.35. The molecule has 1 aromatic carbocycles. The number of carbonyl (C=O) groups excluding carboxylic acids is 1. The molecule has 3 rings (SSSR count). The van der Waals surface area contributed by atoms with Gasteiger partial charge in [0.25, 0.3) is 5.56 Å². The van der Waals surface area contributed by atoms with Crippen LogP contribution in [-0.4, -0.2) is 38.2 Å². The van der Waals surface area contributed by atoms with E-state index in [9.17, 15) is 14.4 Å². The molecule has 0 aliphatic carbocycles. The quantitative estimate of drug-likeness (QED) is 0.664. The number of Topliss-reactive ketones (excluding diaryl/α,β-unsaturated/α-hetero) is 1. The number of thioether (sulfide) groups is 1. The number of methoxy groups -OCH3 is 1. The van der Waals surface area contributed by atoms with Gasteiger partial charge in [-0.15, -0.1) is 0 Å².